The highest BCUT2D eigenvalue weighted by Gasteiger charge is 2.38. The molecule has 10 heteroatoms. The van der Waals surface area contributed by atoms with E-state index >= 15 is 0 Å². The summed E-state index contributed by atoms with van der Waals surface area (Å²) in [5, 5.41) is 21.6. The molecule has 0 atom stereocenters. The lowest BCUT2D eigenvalue weighted by molar-refractivity contribution is -0.143. The zero-order chi connectivity index (χ0) is 39.8. The summed E-state index contributed by atoms with van der Waals surface area (Å²) >= 11 is 0. The number of aryl methyl sites for hydroxylation is 2. The third-order valence-corrected chi connectivity index (χ3v) is 10.2. The largest absolute Gasteiger partial charge is 0.416 e. The minimum absolute atomic E-state index is 0.0321. The smallest absolute Gasteiger partial charge is 0.226 e. The zero-order valence-corrected chi connectivity index (χ0v) is 29.3. The minimum atomic E-state index is -5.05. The van der Waals surface area contributed by atoms with Gasteiger partial charge in [-0.1, -0.05) is 77.9 Å². The van der Waals surface area contributed by atoms with Gasteiger partial charge in [0.1, 0.15) is 0 Å². The molecule has 0 aromatic heterocycles. The number of hydrogen-bond donors (Lipinski definition) is 0. The number of halogens is 6. The first-order valence-electron chi connectivity index (χ1n) is 17.0. The molecule has 0 bridgehead atoms. The highest BCUT2D eigenvalue weighted by Crippen LogP contribution is 2.55. The molecular formula is C46H22F6N4. The molecule has 0 fully saturated rings. The third-order valence-electron chi connectivity index (χ3n) is 10.2. The van der Waals surface area contributed by atoms with Crippen LogP contribution in [0.15, 0.2) is 108 Å². The second-order valence-electron chi connectivity index (χ2n) is 13.7. The normalized spacial score (nSPS) is 14.4. The number of fused-ring (bicyclic) bond motifs is 9. The zero-order valence-electron chi connectivity index (χ0n) is 29.3. The summed E-state index contributed by atoms with van der Waals surface area (Å²) in [6, 6.07) is 29.1. The standard InChI is InChI=1S/C46H22F6N4/c1-23-13-24(2)15-27(14-23)25-5-7-33-37(18-25)43(39(21-53)55-3)35-11-9-32-31(41(33)35)10-12-36-42(32)34-8-6-26(19-38(34)44(36)40(22-54)56-4)28-16-29(45(47,48)49)20-30(17-28)46(50,51)52/h5-20H,1-2H3/b43-39-,44-40+. The molecule has 0 spiro atoms. The Morgan fingerprint density at radius 1 is 0.482 bits per heavy atom. The van der Waals surface area contributed by atoms with Crippen molar-refractivity contribution in [3.63, 3.8) is 0 Å². The Balaban J connectivity index is 1.38. The summed E-state index contributed by atoms with van der Waals surface area (Å²) in [6.07, 6.45) is -10.1. The lowest BCUT2D eigenvalue weighted by Crippen LogP contribution is -2.11. The topological polar surface area (TPSA) is 56.3 Å². The first-order valence-corrected chi connectivity index (χ1v) is 17.0. The average Bonchev–Trinajstić information content (AvgIpc) is 3.67. The first-order chi connectivity index (χ1) is 26.7. The number of nitriles is 2. The maximum Gasteiger partial charge on any atom is 0.416 e. The third kappa shape index (κ3) is 5.51. The van der Waals surface area contributed by atoms with E-state index in [9.17, 15) is 36.9 Å². The molecule has 0 radical (unpaired) electrons. The molecule has 2 aliphatic carbocycles. The Morgan fingerprint density at radius 3 is 1.25 bits per heavy atom. The van der Waals surface area contributed by atoms with E-state index in [1.807, 2.05) is 56.3 Å². The molecule has 268 valence electrons. The molecule has 6 aromatic rings. The number of hydrogen-bond acceptors (Lipinski definition) is 2. The van der Waals surface area contributed by atoms with Crippen molar-refractivity contribution in [3.8, 4) is 56.6 Å². The van der Waals surface area contributed by atoms with Crippen molar-refractivity contribution in [2.75, 3.05) is 0 Å². The maximum atomic E-state index is 13.8. The van der Waals surface area contributed by atoms with Crippen molar-refractivity contribution in [2.45, 2.75) is 26.2 Å². The Bertz CT molecular complexity index is 2920. The number of allylic oxidation sites excluding steroid dienone is 2. The molecule has 6 aromatic carbocycles. The van der Waals surface area contributed by atoms with E-state index < -0.39 is 23.5 Å². The Hall–Kier alpha value is -7.40. The van der Waals surface area contributed by atoms with Gasteiger partial charge in [-0.25, -0.2) is 20.2 Å². The van der Waals surface area contributed by atoms with E-state index in [0.29, 0.717) is 56.5 Å². The summed E-state index contributed by atoms with van der Waals surface area (Å²) in [5.41, 5.74) is 6.03. The molecule has 4 nitrogen and oxygen atoms in total. The van der Waals surface area contributed by atoms with Gasteiger partial charge in [0.2, 0.25) is 0 Å². The van der Waals surface area contributed by atoms with Crippen molar-refractivity contribution in [1.82, 2.24) is 0 Å². The van der Waals surface area contributed by atoms with Crippen molar-refractivity contribution < 1.29 is 26.3 Å². The van der Waals surface area contributed by atoms with E-state index in [1.54, 1.807) is 12.1 Å². The Labute approximate surface area is 316 Å². The summed E-state index contributed by atoms with van der Waals surface area (Å²) < 4.78 is 82.8. The molecule has 8 rings (SSSR count). The van der Waals surface area contributed by atoms with Crippen LogP contribution in [0.4, 0.5) is 26.3 Å². The molecule has 0 N–H and O–H groups in total. The second-order valence-corrected chi connectivity index (χ2v) is 13.7. The Morgan fingerprint density at radius 2 is 0.875 bits per heavy atom. The molecule has 0 unspecified atom stereocenters. The molecule has 0 saturated heterocycles. The van der Waals surface area contributed by atoms with Gasteiger partial charge in [-0.3, -0.25) is 0 Å². The molecule has 0 saturated carbocycles. The van der Waals surface area contributed by atoms with E-state index in [2.05, 4.69) is 34.0 Å². The SMILES string of the molecule is [C-]#[N+]/C(C#N)=C1/c2cc(-c3cc(C(F)(F)F)cc(C(F)(F)F)c3)ccc2-c2c1ccc1c3c(ccc21)/C(=C(\C#N)[N+]#[C-])c1cc(-c2cc(C)cc(C)c2)ccc1-3. The lowest BCUT2D eigenvalue weighted by atomic mass is 9.90. The number of nitrogens with zero attached hydrogens (tertiary/aromatic N) is 4. The van der Waals surface area contributed by atoms with Crippen LogP contribution >= 0.6 is 0 Å². The van der Waals surface area contributed by atoms with Gasteiger partial charge in [0.15, 0.2) is 0 Å². The molecule has 0 aliphatic heterocycles. The van der Waals surface area contributed by atoms with Crippen LogP contribution in [0.1, 0.15) is 44.5 Å². The quantitative estimate of drug-likeness (QED) is 0.101. The average molecular weight is 745 g/mol. The van der Waals surface area contributed by atoms with Gasteiger partial charge in [0.05, 0.1) is 36.4 Å². The fourth-order valence-corrected chi connectivity index (χ4v) is 8.04. The van der Waals surface area contributed by atoms with E-state index in [-0.39, 0.29) is 34.2 Å². The van der Waals surface area contributed by atoms with Crippen molar-refractivity contribution in [1.29, 1.82) is 10.5 Å². The molecule has 0 amide bonds. The molecular weight excluding hydrogens is 723 g/mol. The van der Waals surface area contributed by atoms with Crippen LogP contribution in [-0.4, -0.2) is 0 Å². The molecule has 0 heterocycles. The van der Waals surface area contributed by atoms with E-state index in [0.717, 1.165) is 38.8 Å². The van der Waals surface area contributed by atoms with Gasteiger partial charge in [-0.15, -0.1) is 0 Å². The summed E-state index contributed by atoms with van der Waals surface area (Å²) in [6.45, 7) is 19.7. The highest BCUT2D eigenvalue weighted by molar-refractivity contribution is 6.20. The monoisotopic (exact) mass is 744 g/mol. The van der Waals surface area contributed by atoms with Gasteiger partial charge < -0.3 is 0 Å². The van der Waals surface area contributed by atoms with Crippen LogP contribution in [0.25, 0.3) is 76.1 Å². The van der Waals surface area contributed by atoms with Crippen molar-refractivity contribution >= 4 is 21.9 Å². The van der Waals surface area contributed by atoms with Crippen LogP contribution in [0, 0.1) is 49.7 Å². The predicted octanol–water partition coefficient (Wildman–Crippen LogP) is 13.2. The van der Waals surface area contributed by atoms with E-state index in [1.165, 1.54) is 12.1 Å². The number of rotatable bonds is 2. The van der Waals surface area contributed by atoms with Crippen LogP contribution in [0.2, 0.25) is 0 Å². The van der Waals surface area contributed by atoms with Crippen LogP contribution < -0.4 is 0 Å². The van der Waals surface area contributed by atoms with Crippen LogP contribution in [0.3, 0.4) is 0 Å². The molecule has 2 aliphatic rings. The minimum Gasteiger partial charge on any atom is -0.226 e. The van der Waals surface area contributed by atoms with E-state index in [4.69, 9.17) is 13.1 Å². The van der Waals surface area contributed by atoms with Gasteiger partial charge >= 0.3 is 12.4 Å². The fraction of sp³-hybridized carbons (Fsp3) is 0.0870. The summed E-state index contributed by atoms with van der Waals surface area (Å²) in [4.78, 5) is 7.03. The summed E-state index contributed by atoms with van der Waals surface area (Å²) in [7, 11) is 0. The highest BCUT2D eigenvalue weighted by atomic mass is 19.4. The van der Waals surface area contributed by atoms with Crippen molar-refractivity contribution in [2.24, 2.45) is 0 Å². The summed E-state index contributed by atoms with van der Waals surface area (Å²) in [5.74, 6) is 0. The molecule has 56 heavy (non-hydrogen) atoms. The van der Waals surface area contributed by atoms with Gasteiger partial charge in [-0.2, -0.15) is 26.3 Å². The fourth-order valence-electron chi connectivity index (χ4n) is 8.04. The second kappa shape index (κ2) is 12.6. The van der Waals surface area contributed by atoms with Gasteiger partial charge in [0, 0.05) is 11.1 Å². The predicted molar refractivity (Wildman–Crippen MR) is 202 cm³/mol. The van der Waals surface area contributed by atoms with Gasteiger partial charge in [0.25, 0.3) is 11.4 Å². The lowest BCUT2D eigenvalue weighted by Gasteiger charge is -2.15. The van der Waals surface area contributed by atoms with Gasteiger partial charge in [-0.05, 0) is 122 Å². The van der Waals surface area contributed by atoms with Crippen molar-refractivity contribution in [3.05, 3.63) is 176 Å². The Kier molecular flexibility index (Phi) is 8.01. The number of alkyl halides is 6. The number of benzene rings is 6. The van der Waals surface area contributed by atoms with Crippen LogP contribution in [0.5, 0.6) is 0 Å². The maximum absolute atomic E-state index is 13.8. The van der Waals surface area contributed by atoms with Crippen LogP contribution in [-0.2, 0) is 12.4 Å². The first kappa shape index (κ1) is 35.6.